The molecule has 124 valence electrons. The molecule has 0 aliphatic rings. The van der Waals surface area contributed by atoms with E-state index in [1.165, 1.54) is 24.5 Å². The molecule has 2 amide bonds. The van der Waals surface area contributed by atoms with Crippen molar-refractivity contribution in [2.45, 2.75) is 6.04 Å². The molecule has 9 heteroatoms. The maximum atomic E-state index is 12.3. The first-order chi connectivity index (χ1) is 11.4. The minimum atomic E-state index is -0.946. The van der Waals surface area contributed by atoms with Gasteiger partial charge in [-0.1, -0.05) is 23.2 Å². The summed E-state index contributed by atoms with van der Waals surface area (Å²) in [7, 11) is 0. The van der Waals surface area contributed by atoms with Gasteiger partial charge in [0.15, 0.2) is 0 Å². The molecule has 0 aliphatic carbocycles. The van der Waals surface area contributed by atoms with Gasteiger partial charge in [-0.3, -0.25) is 14.6 Å². The zero-order valence-corrected chi connectivity index (χ0v) is 13.8. The van der Waals surface area contributed by atoms with Crippen LogP contribution in [0.25, 0.3) is 0 Å². The summed E-state index contributed by atoms with van der Waals surface area (Å²) in [5, 5.41) is 6.78. The zero-order chi connectivity index (χ0) is 17.7. The molecule has 1 aromatic heterocycles. The monoisotopic (exact) mass is 365 g/mol. The van der Waals surface area contributed by atoms with E-state index in [9.17, 15) is 9.59 Å². The Labute approximate surface area is 147 Å². The normalized spacial score (nSPS) is 11.4. The van der Waals surface area contributed by atoms with Gasteiger partial charge in [-0.15, -0.1) is 0 Å². The lowest BCUT2D eigenvalue weighted by molar-refractivity contribution is -0.121. The maximum absolute atomic E-state index is 12.3. The van der Waals surface area contributed by atoms with Gasteiger partial charge in [-0.2, -0.15) is 5.10 Å². The second-order valence-electron chi connectivity index (χ2n) is 4.67. The summed E-state index contributed by atoms with van der Waals surface area (Å²) in [6.07, 6.45) is 2.75. The quantitative estimate of drug-likeness (QED) is 0.539. The first kappa shape index (κ1) is 17.7. The molecule has 2 rings (SSSR count). The van der Waals surface area contributed by atoms with E-state index in [2.05, 4.69) is 27.5 Å². The molecule has 1 aromatic carbocycles. The maximum Gasteiger partial charge on any atom is 0.267 e. The first-order valence-corrected chi connectivity index (χ1v) is 7.40. The second-order valence-corrected chi connectivity index (χ2v) is 5.48. The van der Waals surface area contributed by atoms with Crippen LogP contribution in [0.15, 0.2) is 41.8 Å². The minimum absolute atomic E-state index is 0.216. The van der Waals surface area contributed by atoms with Gasteiger partial charge in [0, 0.05) is 35.9 Å². The van der Waals surface area contributed by atoms with E-state index >= 15 is 0 Å². The third kappa shape index (κ3) is 4.01. The molecular formula is C15H13Cl2N5O2. The van der Waals surface area contributed by atoms with Crippen molar-refractivity contribution in [1.82, 2.24) is 10.4 Å². The number of primary amides is 1. The number of hydrogen-bond donors (Lipinski definition) is 3. The van der Waals surface area contributed by atoms with E-state index in [-0.39, 0.29) is 10.0 Å². The van der Waals surface area contributed by atoms with Crippen molar-refractivity contribution in [3.05, 3.63) is 57.8 Å². The Bertz CT molecular complexity index is 760. The van der Waals surface area contributed by atoms with Crippen LogP contribution in [0.5, 0.6) is 0 Å². The van der Waals surface area contributed by atoms with Gasteiger partial charge >= 0.3 is 0 Å². The van der Waals surface area contributed by atoms with Crippen LogP contribution in [0, 0.1) is 0 Å². The third-order valence-corrected chi connectivity index (χ3v) is 3.71. The van der Waals surface area contributed by atoms with E-state index in [4.69, 9.17) is 28.9 Å². The van der Waals surface area contributed by atoms with Crippen molar-refractivity contribution in [3.63, 3.8) is 0 Å². The van der Waals surface area contributed by atoms with Crippen LogP contribution in [-0.4, -0.2) is 23.5 Å². The highest BCUT2D eigenvalue weighted by Crippen LogP contribution is 2.32. The Morgan fingerprint density at radius 3 is 2.25 bits per heavy atom. The van der Waals surface area contributed by atoms with E-state index in [1.54, 1.807) is 12.1 Å². The Balaban J connectivity index is 2.38. The number of hydrazone groups is 1. The van der Waals surface area contributed by atoms with Gasteiger partial charge < -0.3 is 11.1 Å². The number of nitrogens with zero attached hydrogens (tertiary/aromatic N) is 2. The van der Waals surface area contributed by atoms with Crippen molar-refractivity contribution in [3.8, 4) is 0 Å². The van der Waals surface area contributed by atoms with Crippen LogP contribution in [0.4, 0.5) is 5.69 Å². The molecule has 0 fully saturated rings. The molecule has 2 aromatic rings. The van der Waals surface area contributed by atoms with Crippen molar-refractivity contribution in [1.29, 1.82) is 0 Å². The Morgan fingerprint density at radius 1 is 1.17 bits per heavy atom. The van der Waals surface area contributed by atoms with Crippen LogP contribution in [-0.2, 0) is 4.79 Å². The second kappa shape index (κ2) is 7.76. The molecule has 0 aliphatic heterocycles. The van der Waals surface area contributed by atoms with Crippen LogP contribution < -0.4 is 16.5 Å². The number of rotatable bonds is 6. The molecule has 1 atom stereocenters. The summed E-state index contributed by atoms with van der Waals surface area (Å²) in [5.41, 5.74) is 8.68. The number of benzene rings is 1. The summed E-state index contributed by atoms with van der Waals surface area (Å²) in [6, 6.07) is 5.32. The van der Waals surface area contributed by atoms with Crippen LogP contribution in [0.3, 0.4) is 0 Å². The minimum Gasteiger partial charge on any atom is -0.370 e. The van der Waals surface area contributed by atoms with Gasteiger partial charge in [0.25, 0.3) is 5.91 Å². The van der Waals surface area contributed by atoms with E-state index in [0.29, 0.717) is 16.8 Å². The van der Waals surface area contributed by atoms with Gasteiger partial charge in [0.2, 0.25) is 5.91 Å². The average molecular weight is 366 g/mol. The van der Waals surface area contributed by atoms with Gasteiger partial charge in [0.05, 0.1) is 10.0 Å². The smallest absolute Gasteiger partial charge is 0.267 e. The van der Waals surface area contributed by atoms with Crippen molar-refractivity contribution in [2.75, 3.05) is 5.32 Å². The third-order valence-electron chi connectivity index (χ3n) is 3.11. The summed E-state index contributed by atoms with van der Waals surface area (Å²) in [4.78, 5) is 27.3. The molecule has 0 radical (unpaired) electrons. The number of amides is 2. The fourth-order valence-electron chi connectivity index (χ4n) is 2.01. The Hall–Kier alpha value is -2.64. The lowest BCUT2D eigenvalue weighted by atomic mass is 10.1. The molecular weight excluding hydrogens is 353 g/mol. The standard InChI is InChI=1S/C15H13Cl2N5O2/c1-19-22-15(24)13(12-10(16)6-20-7-11(12)17)21-9-4-2-8(3-5-9)14(18)23/h2-7,13,21H,1H2,(H2,18,23)(H,22,24). The van der Waals surface area contributed by atoms with Gasteiger partial charge in [-0.05, 0) is 24.3 Å². The molecule has 24 heavy (non-hydrogen) atoms. The van der Waals surface area contributed by atoms with Crippen molar-refractivity contribution in [2.24, 2.45) is 10.8 Å². The first-order valence-electron chi connectivity index (χ1n) is 6.65. The number of pyridine rings is 1. The fourth-order valence-corrected chi connectivity index (χ4v) is 2.59. The molecule has 0 saturated heterocycles. The topological polar surface area (TPSA) is 109 Å². The number of nitrogens with two attached hydrogens (primary N) is 1. The van der Waals surface area contributed by atoms with Crippen molar-refractivity contribution >= 4 is 47.4 Å². The molecule has 4 N–H and O–H groups in total. The molecule has 1 heterocycles. The summed E-state index contributed by atoms with van der Waals surface area (Å²) < 4.78 is 0. The van der Waals surface area contributed by atoms with Crippen LogP contribution >= 0.6 is 23.2 Å². The fraction of sp³-hybridized carbons (Fsp3) is 0.0667. The number of halogens is 2. The predicted molar refractivity (Wildman–Crippen MR) is 93.3 cm³/mol. The van der Waals surface area contributed by atoms with E-state index in [0.717, 1.165) is 0 Å². The highest BCUT2D eigenvalue weighted by Gasteiger charge is 2.25. The van der Waals surface area contributed by atoms with E-state index < -0.39 is 17.9 Å². The number of nitrogens with one attached hydrogen (secondary N) is 2. The molecule has 0 spiro atoms. The highest BCUT2D eigenvalue weighted by atomic mass is 35.5. The van der Waals surface area contributed by atoms with E-state index in [1.807, 2.05) is 0 Å². The number of anilines is 1. The highest BCUT2D eigenvalue weighted by molar-refractivity contribution is 6.36. The lowest BCUT2D eigenvalue weighted by Crippen LogP contribution is -2.30. The molecule has 0 bridgehead atoms. The number of aromatic nitrogens is 1. The average Bonchev–Trinajstić information content (AvgIpc) is 2.54. The molecule has 1 unspecified atom stereocenters. The molecule has 7 nitrogen and oxygen atoms in total. The number of carbonyl (C=O) groups is 2. The zero-order valence-electron chi connectivity index (χ0n) is 12.3. The summed E-state index contributed by atoms with van der Waals surface area (Å²) in [6.45, 7) is 3.22. The van der Waals surface area contributed by atoms with Gasteiger partial charge in [0.1, 0.15) is 6.04 Å². The predicted octanol–water partition coefficient (Wildman–Crippen LogP) is 2.37. The number of carbonyl (C=O) groups excluding carboxylic acids is 2. The SMILES string of the molecule is C=NNC(=O)C(Nc1ccc(C(N)=O)cc1)c1c(Cl)cncc1Cl. The van der Waals surface area contributed by atoms with Crippen molar-refractivity contribution < 1.29 is 9.59 Å². The Morgan fingerprint density at radius 2 is 1.75 bits per heavy atom. The number of hydrogen-bond acceptors (Lipinski definition) is 5. The van der Waals surface area contributed by atoms with Crippen LogP contribution in [0.1, 0.15) is 22.0 Å². The van der Waals surface area contributed by atoms with Gasteiger partial charge in [-0.25, -0.2) is 5.43 Å². The molecule has 0 saturated carbocycles. The summed E-state index contributed by atoms with van der Waals surface area (Å²) in [5.74, 6) is -1.06. The lowest BCUT2D eigenvalue weighted by Gasteiger charge is -2.20. The Kier molecular flexibility index (Phi) is 5.73. The largest absolute Gasteiger partial charge is 0.370 e. The van der Waals surface area contributed by atoms with Crippen LogP contribution in [0.2, 0.25) is 10.0 Å². The summed E-state index contributed by atoms with van der Waals surface area (Å²) >= 11 is 12.3.